The van der Waals surface area contributed by atoms with Gasteiger partial charge >= 0.3 is 0 Å². The van der Waals surface area contributed by atoms with Gasteiger partial charge in [0.1, 0.15) is 11.3 Å². The molecule has 0 saturated carbocycles. The minimum absolute atomic E-state index is 0.341. The molecule has 0 aliphatic heterocycles. The molecule has 5 heteroatoms. The van der Waals surface area contributed by atoms with Crippen LogP contribution in [-0.2, 0) is 4.79 Å². The van der Waals surface area contributed by atoms with Crippen LogP contribution in [0.3, 0.4) is 0 Å². The Kier molecular flexibility index (Phi) is 3.97. The quantitative estimate of drug-likeness (QED) is 0.497. The number of benzene rings is 1. The van der Waals surface area contributed by atoms with E-state index in [4.69, 9.17) is 10.6 Å². The molecular weight excluding hydrogens is 242 g/mol. The highest BCUT2D eigenvalue weighted by molar-refractivity contribution is 5.86. The number of pyridine rings is 1. The topological polar surface area (TPSA) is 77.2 Å². The number of ether oxygens (including phenoxy) is 1. The van der Waals surface area contributed by atoms with Crippen molar-refractivity contribution >= 4 is 16.8 Å². The lowest BCUT2D eigenvalue weighted by Gasteiger charge is -2.16. The van der Waals surface area contributed by atoms with Gasteiger partial charge in [-0.2, -0.15) is 0 Å². The fraction of sp³-hybridized carbons (Fsp3) is 0.286. The number of nitrogens with two attached hydrogens (primary N) is 1. The van der Waals surface area contributed by atoms with E-state index < -0.39 is 6.10 Å². The fourth-order valence-corrected chi connectivity index (χ4v) is 1.88. The SMILES string of the molecule is CCC(Oc1cccc2ccc(C)nc12)C(=O)NN. The lowest BCUT2D eigenvalue weighted by atomic mass is 10.2. The third-order valence-corrected chi connectivity index (χ3v) is 2.90. The molecule has 0 radical (unpaired) electrons. The van der Waals surface area contributed by atoms with Gasteiger partial charge in [-0.15, -0.1) is 0 Å². The summed E-state index contributed by atoms with van der Waals surface area (Å²) in [6.07, 6.45) is -0.0801. The summed E-state index contributed by atoms with van der Waals surface area (Å²) in [4.78, 5) is 16.0. The van der Waals surface area contributed by atoms with Gasteiger partial charge < -0.3 is 4.74 Å². The maximum absolute atomic E-state index is 11.6. The summed E-state index contributed by atoms with van der Waals surface area (Å²) in [7, 11) is 0. The largest absolute Gasteiger partial charge is 0.478 e. The summed E-state index contributed by atoms with van der Waals surface area (Å²) in [5, 5.41) is 0.978. The summed E-state index contributed by atoms with van der Waals surface area (Å²) in [5.74, 6) is 5.40. The average molecular weight is 259 g/mol. The second kappa shape index (κ2) is 5.67. The Bertz CT molecular complexity index is 598. The van der Waals surface area contributed by atoms with Crippen molar-refractivity contribution in [3.8, 4) is 5.75 Å². The lowest BCUT2D eigenvalue weighted by Crippen LogP contribution is -2.41. The predicted molar refractivity (Wildman–Crippen MR) is 73.5 cm³/mol. The third kappa shape index (κ3) is 2.82. The van der Waals surface area contributed by atoms with Gasteiger partial charge in [-0.25, -0.2) is 10.8 Å². The molecule has 1 aromatic heterocycles. The highest BCUT2D eigenvalue weighted by Crippen LogP contribution is 2.25. The molecule has 2 rings (SSSR count). The summed E-state index contributed by atoms with van der Waals surface area (Å²) < 4.78 is 5.73. The maximum atomic E-state index is 11.6. The molecule has 0 saturated heterocycles. The summed E-state index contributed by atoms with van der Waals surface area (Å²) >= 11 is 0. The van der Waals surface area contributed by atoms with E-state index in [-0.39, 0.29) is 5.91 Å². The van der Waals surface area contributed by atoms with Gasteiger partial charge in [0.25, 0.3) is 5.91 Å². The Morgan fingerprint density at radius 1 is 1.42 bits per heavy atom. The Labute approximate surface area is 111 Å². The van der Waals surface area contributed by atoms with Crippen molar-refractivity contribution in [2.45, 2.75) is 26.4 Å². The molecule has 2 aromatic rings. The number of aromatic nitrogens is 1. The van der Waals surface area contributed by atoms with Gasteiger partial charge in [0.2, 0.25) is 0 Å². The first kappa shape index (κ1) is 13.3. The number of fused-ring (bicyclic) bond motifs is 1. The van der Waals surface area contributed by atoms with Crippen molar-refractivity contribution in [2.75, 3.05) is 0 Å². The van der Waals surface area contributed by atoms with E-state index in [0.717, 1.165) is 16.6 Å². The molecule has 0 bridgehead atoms. The van der Waals surface area contributed by atoms with Crippen molar-refractivity contribution in [1.82, 2.24) is 10.4 Å². The van der Waals surface area contributed by atoms with Gasteiger partial charge in [0, 0.05) is 11.1 Å². The van der Waals surface area contributed by atoms with Crippen LogP contribution in [0.4, 0.5) is 0 Å². The number of amides is 1. The minimum atomic E-state index is -0.613. The molecule has 19 heavy (non-hydrogen) atoms. The number of aryl methyl sites for hydroxylation is 1. The average Bonchev–Trinajstić information content (AvgIpc) is 2.44. The molecule has 0 aliphatic carbocycles. The van der Waals surface area contributed by atoms with Gasteiger partial charge in [0.15, 0.2) is 6.10 Å². The molecular formula is C14H17N3O2. The van der Waals surface area contributed by atoms with Gasteiger partial charge in [-0.3, -0.25) is 10.2 Å². The standard InChI is InChI=1S/C14H17N3O2/c1-3-11(14(18)17-15)19-12-6-4-5-10-8-7-9(2)16-13(10)12/h4-8,11H,3,15H2,1-2H3,(H,17,18). The summed E-state index contributed by atoms with van der Waals surface area (Å²) in [6.45, 7) is 3.78. The van der Waals surface area contributed by atoms with E-state index >= 15 is 0 Å². The monoisotopic (exact) mass is 259 g/mol. The number of hydrazine groups is 1. The Balaban J connectivity index is 2.39. The molecule has 1 atom stereocenters. The number of para-hydroxylation sites is 1. The Morgan fingerprint density at radius 2 is 2.21 bits per heavy atom. The molecule has 1 aromatic carbocycles. The predicted octanol–water partition coefficient (Wildman–Crippen LogP) is 1.69. The van der Waals surface area contributed by atoms with Crippen LogP contribution in [0.15, 0.2) is 30.3 Å². The van der Waals surface area contributed by atoms with Crippen molar-refractivity contribution < 1.29 is 9.53 Å². The first-order valence-electron chi connectivity index (χ1n) is 6.19. The first-order chi connectivity index (χ1) is 9.15. The smallest absolute Gasteiger partial charge is 0.274 e. The van der Waals surface area contributed by atoms with Crippen LogP contribution in [0.25, 0.3) is 10.9 Å². The van der Waals surface area contributed by atoms with Crippen molar-refractivity contribution in [3.63, 3.8) is 0 Å². The molecule has 5 nitrogen and oxygen atoms in total. The lowest BCUT2D eigenvalue weighted by molar-refractivity contribution is -0.128. The van der Waals surface area contributed by atoms with Crippen LogP contribution in [0.1, 0.15) is 19.0 Å². The Hall–Kier alpha value is -2.14. The number of hydrogen-bond donors (Lipinski definition) is 2. The van der Waals surface area contributed by atoms with E-state index in [9.17, 15) is 4.79 Å². The van der Waals surface area contributed by atoms with Crippen molar-refractivity contribution in [1.29, 1.82) is 0 Å². The number of carbonyl (C=O) groups is 1. The normalized spacial score (nSPS) is 12.2. The number of nitrogens with zero attached hydrogens (tertiary/aromatic N) is 1. The summed E-state index contributed by atoms with van der Waals surface area (Å²) in [6, 6.07) is 9.56. The van der Waals surface area contributed by atoms with Crippen LogP contribution < -0.4 is 16.0 Å². The van der Waals surface area contributed by atoms with E-state index in [1.165, 1.54) is 0 Å². The molecule has 1 amide bonds. The zero-order valence-corrected chi connectivity index (χ0v) is 11.0. The second-order valence-electron chi connectivity index (χ2n) is 4.30. The summed E-state index contributed by atoms with van der Waals surface area (Å²) in [5.41, 5.74) is 3.77. The first-order valence-corrected chi connectivity index (χ1v) is 6.19. The molecule has 0 fully saturated rings. The molecule has 1 unspecified atom stereocenters. The number of nitrogens with one attached hydrogen (secondary N) is 1. The van der Waals surface area contributed by atoms with E-state index in [0.29, 0.717) is 12.2 Å². The van der Waals surface area contributed by atoms with Crippen LogP contribution in [0, 0.1) is 6.92 Å². The second-order valence-corrected chi connectivity index (χ2v) is 4.30. The Morgan fingerprint density at radius 3 is 2.89 bits per heavy atom. The highest BCUT2D eigenvalue weighted by atomic mass is 16.5. The van der Waals surface area contributed by atoms with Crippen LogP contribution in [0.5, 0.6) is 5.75 Å². The number of hydrogen-bond acceptors (Lipinski definition) is 4. The van der Waals surface area contributed by atoms with Gasteiger partial charge in [-0.05, 0) is 25.5 Å². The van der Waals surface area contributed by atoms with E-state index in [1.54, 1.807) is 6.07 Å². The van der Waals surface area contributed by atoms with Gasteiger partial charge in [0.05, 0.1) is 0 Å². The highest BCUT2D eigenvalue weighted by Gasteiger charge is 2.18. The zero-order valence-electron chi connectivity index (χ0n) is 11.0. The van der Waals surface area contributed by atoms with Crippen molar-refractivity contribution in [2.24, 2.45) is 5.84 Å². The fourth-order valence-electron chi connectivity index (χ4n) is 1.88. The van der Waals surface area contributed by atoms with Crippen LogP contribution >= 0.6 is 0 Å². The number of carbonyl (C=O) groups excluding carboxylic acids is 1. The molecule has 100 valence electrons. The number of rotatable bonds is 4. The van der Waals surface area contributed by atoms with Gasteiger partial charge in [-0.1, -0.05) is 25.1 Å². The van der Waals surface area contributed by atoms with Crippen LogP contribution in [0.2, 0.25) is 0 Å². The van der Waals surface area contributed by atoms with Crippen molar-refractivity contribution in [3.05, 3.63) is 36.0 Å². The molecule has 1 heterocycles. The minimum Gasteiger partial charge on any atom is -0.478 e. The van der Waals surface area contributed by atoms with E-state index in [1.807, 2.05) is 38.1 Å². The zero-order chi connectivity index (χ0) is 13.8. The maximum Gasteiger partial charge on any atom is 0.274 e. The molecule has 0 aliphatic rings. The van der Waals surface area contributed by atoms with E-state index in [2.05, 4.69) is 10.4 Å². The third-order valence-electron chi connectivity index (χ3n) is 2.90. The molecule has 3 N–H and O–H groups in total. The molecule has 0 spiro atoms. The van der Waals surface area contributed by atoms with Crippen LogP contribution in [-0.4, -0.2) is 17.0 Å².